The third kappa shape index (κ3) is 7.48. The van der Waals surface area contributed by atoms with Crippen LogP contribution in [0, 0.1) is 38.3 Å². The van der Waals surface area contributed by atoms with Crippen molar-refractivity contribution in [3.05, 3.63) is 92.4 Å². The number of nitrogens with one attached hydrogen (secondary N) is 1. The van der Waals surface area contributed by atoms with Gasteiger partial charge < -0.3 is 14.6 Å². The molecule has 2 aromatic carbocycles. The molecule has 0 aliphatic carbocycles. The fourth-order valence-electron chi connectivity index (χ4n) is 5.32. The predicted molar refractivity (Wildman–Crippen MR) is 157 cm³/mol. The molecule has 41 heavy (non-hydrogen) atoms. The van der Waals surface area contributed by atoms with Gasteiger partial charge in [-0.05, 0) is 105 Å². The van der Waals surface area contributed by atoms with Crippen molar-refractivity contribution in [3.8, 4) is 11.1 Å². The number of rotatable bonds is 11. The van der Waals surface area contributed by atoms with E-state index in [0.717, 1.165) is 5.56 Å². The molecule has 6 nitrogen and oxygen atoms in total. The molecule has 0 radical (unpaired) electrons. The summed E-state index contributed by atoms with van der Waals surface area (Å²) in [6.07, 6.45) is 2.15. The second-order valence-corrected chi connectivity index (χ2v) is 10.9. The van der Waals surface area contributed by atoms with Crippen LogP contribution in [0.5, 0.6) is 0 Å². The molecule has 3 aromatic rings. The fourth-order valence-corrected chi connectivity index (χ4v) is 5.32. The molecular formula is C33H40F2N2O4. The molecule has 0 aliphatic rings. The van der Waals surface area contributed by atoms with E-state index in [2.05, 4.69) is 5.32 Å². The van der Waals surface area contributed by atoms with Crippen LogP contribution in [0.15, 0.2) is 47.4 Å². The molecule has 0 saturated heterocycles. The van der Waals surface area contributed by atoms with Crippen LogP contribution >= 0.6 is 0 Å². The zero-order valence-electron chi connectivity index (χ0n) is 24.9. The lowest BCUT2D eigenvalue weighted by Crippen LogP contribution is -2.41. The summed E-state index contributed by atoms with van der Waals surface area (Å²) in [5, 5.41) is 2.88. The maximum atomic E-state index is 15.8. The lowest BCUT2D eigenvalue weighted by molar-refractivity contribution is -0.144. The minimum Gasteiger partial charge on any atom is -0.466 e. The molecule has 0 spiro atoms. The molecule has 1 unspecified atom stereocenters. The molecule has 220 valence electrons. The first-order chi connectivity index (χ1) is 19.4. The number of pyridine rings is 1. The number of nitrogens with zero attached hydrogens (tertiary/aromatic N) is 1. The van der Waals surface area contributed by atoms with Gasteiger partial charge in [0, 0.05) is 17.3 Å². The zero-order chi connectivity index (χ0) is 30.4. The van der Waals surface area contributed by atoms with Crippen molar-refractivity contribution in [1.29, 1.82) is 0 Å². The first-order valence-corrected chi connectivity index (χ1v) is 14.1. The van der Waals surface area contributed by atoms with Crippen molar-refractivity contribution in [1.82, 2.24) is 9.88 Å². The van der Waals surface area contributed by atoms with Crippen molar-refractivity contribution in [2.45, 2.75) is 79.8 Å². The van der Waals surface area contributed by atoms with Crippen LogP contribution in [0.4, 0.5) is 8.78 Å². The minimum absolute atomic E-state index is 0.0678. The average Bonchev–Trinajstić information content (AvgIpc) is 2.88. The highest BCUT2D eigenvalue weighted by Crippen LogP contribution is 2.34. The van der Waals surface area contributed by atoms with Gasteiger partial charge in [-0.1, -0.05) is 26.8 Å². The normalized spacial score (nSPS) is 12.7. The average molecular weight is 567 g/mol. The molecule has 0 bridgehead atoms. The lowest BCUT2D eigenvalue weighted by atomic mass is 9.90. The number of benzene rings is 2. The van der Waals surface area contributed by atoms with Crippen LogP contribution < -0.4 is 10.9 Å². The van der Waals surface area contributed by atoms with Gasteiger partial charge in [0.1, 0.15) is 17.7 Å². The number of ether oxygens (including phenoxy) is 1. The Bertz CT molecular complexity index is 1460. The molecular weight excluding hydrogens is 526 g/mol. The fraction of sp³-hybridized carbons (Fsp3) is 0.424. The Balaban J connectivity index is 2.13. The highest BCUT2D eigenvalue weighted by molar-refractivity contribution is 5.82. The Labute approximate surface area is 240 Å². The van der Waals surface area contributed by atoms with E-state index in [1.54, 1.807) is 58.2 Å². The van der Waals surface area contributed by atoms with Crippen molar-refractivity contribution >= 4 is 11.9 Å². The largest absolute Gasteiger partial charge is 0.466 e. The number of aryl methyl sites for hydroxylation is 4. The molecule has 1 heterocycles. The summed E-state index contributed by atoms with van der Waals surface area (Å²) in [5.41, 5.74) is 3.49. The van der Waals surface area contributed by atoms with Crippen molar-refractivity contribution in [3.63, 3.8) is 0 Å². The van der Waals surface area contributed by atoms with E-state index < -0.39 is 29.8 Å². The van der Waals surface area contributed by atoms with E-state index in [9.17, 15) is 18.8 Å². The van der Waals surface area contributed by atoms with E-state index in [1.165, 1.54) is 16.7 Å². The summed E-state index contributed by atoms with van der Waals surface area (Å²) in [5.74, 6) is -1.96. The second kappa shape index (κ2) is 13.7. The Hall–Kier alpha value is -3.81. The smallest absolute Gasteiger partial charge is 0.308 e. The Morgan fingerprint density at radius 1 is 1.00 bits per heavy atom. The number of carbonyl (C=O) groups excluding carboxylic acids is 2. The summed E-state index contributed by atoms with van der Waals surface area (Å²) in [7, 11) is 0. The molecule has 8 heteroatoms. The quantitative estimate of drug-likeness (QED) is 0.263. The van der Waals surface area contributed by atoms with E-state index in [4.69, 9.17) is 4.74 Å². The van der Waals surface area contributed by atoms with Crippen LogP contribution in [0.1, 0.15) is 80.4 Å². The molecule has 1 amide bonds. The van der Waals surface area contributed by atoms with Crippen LogP contribution in [-0.4, -0.2) is 23.1 Å². The van der Waals surface area contributed by atoms with Crippen molar-refractivity contribution in [2.75, 3.05) is 6.61 Å². The summed E-state index contributed by atoms with van der Waals surface area (Å²) in [4.78, 5) is 39.7. The van der Waals surface area contributed by atoms with E-state index in [1.807, 2.05) is 20.8 Å². The molecule has 2 atom stereocenters. The number of aromatic nitrogens is 1. The van der Waals surface area contributed by atoms with Gasteiger partial charge in [0.25, 0.3) is 5.56 Å². The molecule has 0 saturated carbocycles. The summed E-state index contributed by atoms with van der Waals surface area (Å²) in [6.45, 7) is 12.7. The summed E-state index contributed by atoms with van der Waals surface area (Å²) in [6, 6.07) is 7.63. The second-order valence-electron chi connectivity index (χ2n) is 10.9. The van der Waals surface area contributed by atoms with E-state index >= 15 is 4.39 Å². The highest BCUT2D eigenvalue weighted by atomic mass is 19.1. The minimum atomic E-state index is -1.07. The van der Waals surface area contributed by atoms with Crippen LogP contribution in [-0.2, 0) is 20.7 Å². The van der Waals surface area contributed by atoms with Crippen molar-refractivity contribution < 1.29 is 23.1 Å². The molecule has 0 aliphatic heterocycles. The Morgan fingerprint density at radius 2 is 1.66 bits per heavy atom. The summed E-state index contributed by atoms with van der Waals surface area (Å²) < 4.78 is 36.4. The first kappa shape index (κ1) is 31.7. The van der Waals surface area contributed by atoms with Crippen LogP contribution in [0.2, 0.25) is 0 Å². The monoisotopic (exact) mass is 566 g/mol. The van der Waals surface area contributed by atoms with Gasteiger partial charge in [0.05, 0.1) is 19.1 Å². The van der Waals surface area contributed by atoms with Gasteiger partial charge in [-0.15, -0.1) is 0 Å². The number of hydrogen-bond donors (Lipinski definition) is 1. The number of hydrogen-bond acceptors (Lipinski definition) is 4. The van der Waals surface area contributed by atoms with Gasteiger partial charge in [0.2, 0.25) is 5.91 Å². The number of carbonyl (C=O) groups is 2. The third-order valence-electron chi connectivity index (χ3n) is 7.20. The maximum absolute atomic E-state index is 15.8. The topological polar surface area (TPSA) is 77.4 Å². The van der Waals surface area contributed by atoms with Gasteiger partial charge in [-0.3, -0.25) is 14.4 Å². The van der Waals surface area contributed by atoms with Gasteiger partial charge in [0.15, 0.2) is 0 Å². The van der Waals surface area contributed by atoms with Gasteiger partial charge in [-0.2, -0.15) is 0 Å². The van der Waals surface area contributed by atoms with Crippen LogP contribution in [0.3, 0.4) is 0 Å². The highest BCUT2D eigenvalue weighted by Gasteiger charge is 2.29. The standard InChI is InChI=1S/C33H40F2N2O4/c1-8-23-11-10-12-37(33(23)40)28(13-19(3)4)32(39)36-27(18-29(38)41-9-2)26-17-24(14-22(7)31(26)35)30-20(5)15-25(34)16-21(30)6/h10-12,14-17,19,27-28H,8-9,13,18H2,1-7H3,(H,36,39)/t27-,28?/m0/s1. The van der Waals surface area contributed by atoms with Gasteiger partial charge in [-0.25, -0.2) is 8.78 Å². The Kier molecular flexibility index (Phi) is 10.6. The lowest BCUT2D eigenvalue weighted by Gasteiger charge is -2.26. The third-order valence-corrected chi connectivity index (χ3v) is 7.20. The maximum Gasteiger partial charge on any atom is 0.308 e. The number of halogens is 2. The van der Waals surface area contributed by atoms with Gasteiger partial charge >= 0.3 is 5.97 Å². The first-order valence-electron chi connectivity index (χ1n) is 14.1. The Morgan fingerprint density at radius 3 is 2.24 bits per heavy atom. The molecule has 3 rings (SSSR count). The molecule has 0 fully saturated rings. The predicted octanol–water partition coefficient (Wildman–Crippen LogP) is 6.68. The number of amides is 1. The van der Waals surface area contributed by atoms with E-state index in [0.29, 0.717) is 40.7 Å². The van der Waals surface area contributed by atoms with Crippen LogP contribution in [0.25, 0.3) is 11.1 Å². The number of esters is 1. The molecule has 1 aromatic heterocycles. The molecule has 1 N–H and O–H groups in total. The zero-order valence-corrected chi connectivity index (χ0v) is 24.9. The van der Waals surface area contributed by atoms with Crippen molar-refractivity contribution in [2.24, 2.45) is 5.92 Å². The van der Waals surface area contributed by atoms with E-state index in [-0.39, 0.29) is 35.9 Å². The summed E-state index contributed by atoms with van der Waals surface area (Å²) >= 11 is 0. The SMILES string of the molecule is CCOC(=O)C[C@H](NC(=O)C(CC(C)C)n1cccc(CC)c1=O)c1cc(-c2c(C)cc(F)cc2C)cc(C)c1F.